The molecule has 1 aromatic heterocycles. The summed E-state index contributed by atoms with van der Waals surface area (Å²) in [5, 5.41) is 11.1. The number of hydrogen-bond acceptors (Lipinski definition) is 3. The first-order valence-electron chi connectivity index (χ1n) is 4.40. The smallest absolute Gasteiger partial charge is 0.0725 e. The van der Waals surface area contributed by atoms with E-state index in [4.69, 9.17) is 0 Å². The maximum Gasteiger partial charge on any atom is 0.0725 e. The molecule has 1 atom stereocenters. The minimum Gasteiger partial charge on any atom is -0.316 e. The number of aryl methyl sites for hydroxylation is 1. The number of rotatable bonds is 2. The van der Waals surface area contributed by atoms with Gasteiger partial charge in [-0.1, -0.05) is 5.21 Å². The molecule has 2 heterocycles. The standard InChI is InChI=1S/C8H14N4/c1-12-8(6-10-11-12)4-7-2-3-9-5-7/h6-7,9H,2-5H2,1H3. The van der Waals surface area contributed by atoms with Gasteiger partial charge in [0.25, 0.3) is 0 Å². The Balaban J connectivity index is 1.98. The summed E-state index contributed by atoms with van der Waals surface area (Å²) in [7, 11) is 1.95. The zero-order valence-corrected chi connectivity index (χ0v) is 7.32. The van der Waals surface area contributed by atoms with E-state index < -0.39 is 0 Å². The molecule has 1 aromatic rings. The predicted octanol–water partition coefficient (Wildman–Crippen LogP) is -0.0329. The second-order valence-electron chi connectivity index (χ2n) is 3.41. The Hall–Kier alpha value is -0.900. The van der Waals surface area contributed by atoms with Crippen LogP contribution in [-0.2, 0) is 13.5 Å². The monoisotopic (exact) mass is 166 g/mol. The number of nitrogens with zero attached hydrogens (tertiary/aromatic N) is 3. The van der Waals surface area contributed by atoms with Crippen LogP contribution in [0.1, 0.15) is 12.1 Å². The molecule has 1 N–H and O–H groups in total. The van der Waals surface area contributed by atoms with Crippen molar-refractivity contribution in [3.05, 3.63) is 11.9 Å². The van der Waals surface area contributed by atoms with Crippen molar-refractivity contribution in [2.75, 3.05) is 13.1 Å². The Morgan fingerprint density at radius 2 is 2.67 bits per heavy atom. The quantitative estimate of drug-likeness (QED) is 0.670. The first kappa shape index (κ1) is 7.73. The molecule has 4 nitrogen and oxygen atoms in total. The summed E-state index contributed by atoms with van der Waals surface area (Å²) in [5.74, 6) is 0.780. The van der Waals surface area contributed by atoms with E-state index >= 15 is 0 Å². The van der Waals surface area contributed by atoms with Gasteiger partial charge < -0.3 is 5.32 Å². The molecule has 0 saturated carbocycles. The minimum absolute atomic E-state index is 0.780. The molecule has 0 bridgehead atoms. The lowest BCUT2D eigenvalue weighted by Gasteiger charge is -2.06. The predicted molar refractivity (Wildman–Crippen MR) is 45.7 cm³/mol. The Morgan fingerprint density at radius 3 is 3.25 bits per heavy atom. The van der Waals surface area contributed by atoms with E-state index in [1.54, 1.807) is 0 Å². The summed E-state index contributed by atoms with van der Waals surface area (Å²) >= 11 is 0. The molecular formula is C8H14N4. The van der Waals surface area contributed by atoms with Crippen LogP contribution in [0.4, 0.5) is 0 Å². The van der Waals surface area contributed by atoms with Gasteiger partial charge in [0.1, 0.15) is 0 Å². The summed E-state index contributed by atoms with van der Waals surface area (Å²) in [6, 6.07) is 0. The number of aromatic nitrogens is 3. The summed E-state index contributed by atoms with van der Waals surface area (Å²) in [6.45, 7) is 2.31. The van der Waals surface area contributed by atoms with Gasteiger partial charge in [-0.05, 0) is 31.8 Å². The molecule has 66 valence electrons. The van der Waals surface area contributed by atoms with Crippen LogP contribution >= 0.6 is 0 Å². The lowest BCUT2D eigenvalue weighted by molar-refractivity contribution is 0.546. The fraction of sp³-hybridized carbons (Fsp3) is 0.750. The summed E-state index contributed by atoms with van der Waals surface area (Å²) in [5.41, 5.74) is 1.24. The van der Waals surface area contributed by atoms with Crippen LogP contribution in [0.15, 0.2) is 6.20 Å². The summed E-state index contributed by atoms with van der Waals surface area (Å²) in [4.78, 5) is 0. The second-order valence-corrected chi connectivity index (χ2v) is 3.41. The molecule has 2 rings (SSSR count). The third-order valence-electron chi connectivity index (χ3n) is 2.47. The molecule has 0 aromatic carbocycles. The highest BCUT2D eigenvalue weighted by molar-refractivity contribution is 4.96. The van der Waals surface area contributed by atoms with Crippen LogP contribution < -0.4 is 5.32 Å². The highest BCUT2D eigenvalue weighted by atomic mass is 15.4. The van der Waals surface area contributed by atoms with Crippen molar-refractivity contribution in [1.82, 2.24) is 20.3 Å². The Morgan fingerprint density at radius 1 is 1.75 bits per heavy atom. The fourth-order valence-electron chi connectivity index (χ4n) is 1.68. The van der Waals surface area contributed by atoms with Crippen molar-refractivity contribution in [2.45, 2.75) is 12.8 Å². The largest absolute Gasteiger partial charge is 0.316 e. The second kappa shape index (κ2) is 3.23. The van der Waals surface area contributed by atoms with Crippen LogP contribution in [0.25, 0.3) is 0 Å². The highest BCUT2D eigenvalue weighted by Crippen LogP contribution is 2.13. The molecule has 0 radical (unpaired) electrons. The molecule has 1 aliphatic heterocycles. The van der Waals surface area contributed by atoms with Crippen molar-refractivity contribution in [1.29, 1.82) is 0 Å². The van der Waals surface area contributed by atoms with Gasteiger partial charge in [0.05, 0.1) is 11.9 Å². The van der Waals surface area contributed by atoms with Crippen molar-refractivity contribution in [2.24, 2.45) is 13.0 Å². The van der Waals surface area contributed by atoms with Gasteiger partial charge in [-0.25, -0.2) is 0 Å². The molecule has 0 aliphatic carbocycles. The molecule has 0 amide bonds. The van der Waals surface area contributed by atoms with Crippen LogP contribution in [0, 0.1) is 5.92 Å². The van der Waals surface area contributed by atoms with Crippen molar-refractivity contribution < 1.29 is 0 Å². The Labute approximate surface area is 72.0 Å². The van der Waals surface area contributed by atoms with Crippen molar-refractivity contribution in [3.8, 4) is 0 Å². The SMILES string of the molecule is Cn1nncc1CC1CCNC1. The maximum absolute atomic E-state index is 3.90. The van der Waals surface area contributed by atoms with E-state index in [0.717, 1.165) is 25.4 Å². The van der Waals surface area contributed by atoms with Gasteiger partial charge in [0.2, 0.25) is 0 Å². The summed E-state index contributed by atoms with van der Waals surface area (Å²) < 4.78 is 1.86. The van der Waals surface area contributed by atoms with E-state index in [2.05, 4.69) is 15.6 Å². The lowest BCUT2D eigenvalue weighted by Crippen LogP contribution is -2.12. The molecule has 12 heavy (non-hydrogen) atoms. The van der Waals surface area contributed by atoms with Crippen molar-refractivity contribution in [3.63, 3.8) is 0 Å². The number of hydrogen-bond donors (Lipinski definition) is 1. The Kier molecular flexibility index (Phi) is 2.08. The van der Waals surface area contributed by atoms with E-state index in [1.807, 2.05) is 17.9 Å². The minimum atomic E-state index is 0.780. The topological polar surface area (TPSA) is 42.7 Å². The van der Waals surface area contributed by atoms with Gasteiger partial charge >= 0.3 is 0 Å². The number of nitrogens with one attached hydrogen (secondary N) is 1. The van der Waals surface area contributed by atoms with Gasteiger partial charge in [-0.3, -0.25) is 4.68 Å². The average Bonchev–Trinajstić information content (AvgIpc) is 2.65. The van der Waals surface area contributed by atoms with E-state index in [9.17, 15) is 0 Å². The zero-order chi connectivity index (χ0) is 8.39. The van der Waals surface area contributed by atoms with Gasteiger partial charge in [0, 0.05) is 7.05 Å². The molecule has 1 aliphatic rings. The average molecular weight is 166 g/mol. The maximum atomic E-state index is 3.90. The highest BCUT2D eigenvalue weighted by Gasteiger charge is 2.16. The molecular weight excluding hydrogens is 152 g/mol. The zero-order valence-electron chi connectivity index (χ0n) is 7.32. The molecule has 1 fully saturated rings. The summed E-state index contributed by atoms with van der Waals surface area (Å²) in [6.07, 6.45) is 4.25. The van der Waals surface area contributed by atoms with Crippen LogP contribution in [0.3, 0.4) is 0 Å². The van der Waals surface area contributed by atoms with Gasteiger partial charge in [-0.2, -0.15) is 0 Å². The third-order valence-corrected chi connectivity index (χ3v) is 2.47. The van der Waals surface area contributed by atoms with Gasteiger partial charge in [0.15, 0.2) is 0 Å². The first-order valence-corrected chi connectivity index (χ1v) is 4.40. The Bertz CT molecular complexity index is 249. The lowest BCUT2D eigenvalue weighted by atomic mass is 10.0. The third kappa shape index (κ3) is 1.48. The van der Waals surface area contributed by atoms with Crippen LogP contribution in [0.2, 0.25) is 0 Å². The van der Waals surface area contributed by atoms with E-state index in [0.29, 0.717) is 0 Å². The molecule has 0 spiro atoms. The van der Waals surface area contributed by atoms with E-state index in [-0.39, 0.29) is 0 Å². The van der Waals surface area contributed by atoms with Crippen LogP contribution in [-0.4, -0.2) is 28.1 Å². The normalized spacial score (nSPS) is 23.2. The first-order chi connectivity index (χ1) is 5.86. The molecule has 4 heteroatoms. The fourth-order valence-corrected chi connectivity index (χ4v) is 1.68. The molecule has 1 saturated heterocycles. The molecule has 1 unspecified atom stereocenters. The van der Waals surface area contributed by atoms with Crippen LogP contribution in [0.5, 0.6) is 0 Å². The van der Waals surface area contributed by atoms with Crippen molar-refractivity contribution >= 4 is 0 Å². The van der Waals surface area contributed by atoms with E-state index in [1.165, 1.54) is 12.1 Å². The van der Waals surface area contributed by atoms with Gasteiger partial charge in [-0.15, -0.1) is 5.10 Å².